The van der Waals surface area contributed by atoms with E-state index in [1.165, 1.54) is 23.5 Å². The van der Waals surface area contributed by atoms with Crippen molar-refractivity contribution in [3.8, 4) is 0 Å². The summed E-state index contributed by atoms with van der Waals surface area (Å²) in [4.78, 5) is 18.7. The van der Waals surface area contributed by atoms with Gasteiger partial charge in [0.1, 0.15) is 5.82 Å². The highest BCUT2D eigenvalue weighted by Gasteiger charge is 2.09. The summed E-state index contributed by atoms with van der Waals surface area (Å²) in [7, 11) is 0. The lowest BCUT2D eigenvalue weighted by Gasteiger charge is -2.14. The maximum absolute atomic E-state index is 10.7. The first-order valence-electron chi connectivity index (χ1n) is 6.58. The minimum Gasteiger partial charge on any atom is -0.476 e. The predicted octanol–water partition coefficient (Wildman–Crippen LogP) is 3.04. The highest BCUT2D eigenvalue weighted by Crippen LogP contribution is 2.25. The number of hydrogen-bond acceptors (Lipinski definition) is 4. The van der Waals surface area contributed by atoms with Crippen LogP contribution in [-0.2, 0) is 12.8 Å². The van der Waals surface area contributed by atoms with Crippen molar-refractivity contribution in [3.63, 3.8) is 0 Å². The summed E-state index contributed by atoms with van der Waals surface area (Å²) in [5.74, 6) is -0.530. The van der Waals surface area contributed by atoms with Crippen LogP contribution in [0.5, 0.6) is 0 Å². The largest absolute Gasteiger partial charge is 0.476 e. The van der Waals surface area contributed by atoms with Crippen molar-refractivity contribution in [1.82, 2.24) is 9.97 Å². The number of aromatic nitrogens is 2. The first-order chi connectivity index (χ1) is 9.65. The Hall–Kier alpha value is -2.43. The van der Waals surface area contributed by atoms with Crippen LogP contribution >= 0.6 is 0 Å². The first-order valence-corrected chi connectivity index (χ1v) is 6.58. The maximum atomic E-state index is 10.7. The van der Waals surface area contributed by atoms with E-state index >= 15 is 0 Å². The molecule has 0 saturated carbocycles. The zero-order valence-electron chi connectivity index (χ0n) is 11.6. The monoisotopic (exact) mass is 271 g/mol. The minimum atomic E-state index is -1.08. The van der Waals surface area contributed by atoms with E-state index in [4.69, 9.17) is 5.11 Å². The lowest BCUT2D eigenvalue weighted by Crippen LogP contribution is -2.05. The Labute approximate surface area is 117 Å². The second kappa shape index (κ2) is 6.14. The van der Waals surface area contributed by atoms with Crippen molar-refractivity contribution in [1.29, 1.82) is 0 Å². The lowest BCUT2D eigenvalue weighted by molar-refractivity contribution is 0.0690. The molecule has 2 rings (SSSR count). The van der Waals surface area contributed by atoms with Gasteiger partial charge in [-0.2, -0.15) is 0 Å². The second-order valence-electron chi connectivity index (χ2n) is 4.38. The van der Waals surface area contributed by atoms with Gasteiger partial charge >= 0.3 is 5.97 Å². The molecule has 5 heteroatoms. The third-order valence-corrected chi connectivity index (χ3v) is 3.12. The number of hydrogen-bond donors (Lipinski definition) is 2. The number of benzene rings is 1. The summed E-state index contributed by atoms with van der Waals surface area (Å²) in [6, 6.07) is 6.18. The Morgan fingerprint density at radius 2 is 1.80 bits per heavy atom. The number of nitrogens with one attached hydrogen (secondary N) is 1. The number of rotatable bonds is 5. The maximum Gasteiger partial charge on any atom is 0.356 e. The van der Waals surface area contributed by atoms with Crippen LogP contribution in [0.1, 0.15) is 35.5 Å². The van der Waals surface area contributed by atoms with Gasteiger partial charge in [0.05, 0.1) is 12.4 Å². The second-order valence-corrected chi connectivity index (χ2v) is 4.38. The van der Waals surface area contributed by atoms with Crippen LogP contribution in [0.2, 0.25) is 0 Å². The summed E-state index contributed by atoms with van der Waals surface area (Å²) < 4.78 is 0. The van der Waals surface area contributed by atoms with E-state index in [-0.39, 0.29) is 5.69 Å². The zero-order chi connectivity index (χ0) is 14.5. The molecule has 0 saturated heterocycles. The van der Waals surface area contributed by atoms with Gasteiger partial charge in [-0.3, -0.25) is 0 Å². The highest BCUT2D eigenvalue weighted by atomic mass is 16.4. The SMILES string of the molecule is CCc1cccc(CC)c1Nc1cnc(C(=O)O)cn1. The molecule has 2 aromatic rings. The van der Waals surface area contributed by atoms with E-state index in [2.05, 4.69) is 41.3 Å². The van der Waals surface area contributed by atoms with E-state index in [1.807, 2.05) is 6.07 Å². The van der Waals surface area contributed by atoms with Gasteiger partial charge in [-0.05, 0) is 24.0 Å². The van der Waals surface area contributed by atoms with Gasteiger partial charge in [-0.15, -0.1) is 0 Å². The van der Waals surface area contributed by atoms with E-state index < -0.39 is 5.97 Å². The number of nitrogens with zero attached hydrogens (tertiary/aromatic N) is 2. The Balaban J connectivity index is 2.31. The van der Waals surface area contributed by atoms with Gasteiger partial charge in [0.25, 0.3) is 0 Å². The summed E-state index contributed by atoms with van der Waals surface area (Å²) in [6.45, 7) is 4.19. The van der Waals surface area contributed by atoms with Crippen LogP contribution in [0.15, 0.2) is 30.6 Å². The van der Waals surface area contributed by atoms with Gasteiger partial charge in [0.15, 0.2) is 5.69 Å². The van der Waals surface area contributed by atoms with Crippen LogP contribution in [0.25, 0.3) is 0 Å². The average molecular weight is 271 g/mol. The van der Waals surface area contributed by atoms with E-state index in [0.717, 1.165) is 18.5 Å². The Morgan fingerprint density at radius 3 is 2.25 bits per heavy atom. The van der Waals surface area contributed by atoms with Crippen molar-refractivity contribution in [2.75, 3.05) is 5.32 Å². The highest BCUT2D eigenvalue weighted by molar-refractivity contribution is 5.85. The molecule has 0 radical (unpaired) electrons. The minimum absolute atomic E-state index is 0.0601. The van der Waals surface area contributed by atoms with Gasteiger partial charge in [-0.25, -0.2) is 14.8 Å². The molecule has 0 aliphatic rings. The molecule has 2 N–H and O–H groups in total. The number of carboxylic acids is 1. The number of aromatic carboxylic acids is 1. The smallest absolute Gasteiger partial charge is 0.356 e. The zero-order valence-corrected chi connectivity index (χ0v) is 11.6. The fraction of sp³-hybridized carbons (Fsp3) is 0.267. The number of carboxylic acid groups (broad SMARTS) is 1. The van der Waals surface area contributed by atoms with Crippen molar-refractivity contribution in [3.05, 3.63) is 47.4 Å². The normalized spacial score (nSPS) is 10.3. The van der Waals surface area contributed by atoms with Crippen molar-refractivity contribution in [2.45, 2.75) is 26.7 Å². The van der Waals surface area contributed by atoms with Crippen molar-refractivity contribution in [2.24, 2.45) is 0 Å². The third-order valence-electron chi connectivity index (χ3n) is 3.12. The number of para-hydroxylation sites is 1. The van der Waals surface area contributed by atoms with Crippen LogP contribution in [0.4, 0.5) is 11.5 Å². The fourth-order valence-corrected chi connectivity index (χ4v) is 2.03. The summed E-state index contributed by atoms with van der Waals surface area (Å²) in [6.07, 6.45) is 4.52. The molecule has 0 spiro atoms. The number of aryl methyl sites for hydroxylation is 2. The Kier molecular flexibility index (Phi) is 4.30. The predicted molar refractivity (Wildman–Crippen MR) is 77.5 cm³/mol. The average Bonchev–Trinajstić information content (AvgIpc) is 2.48. The first kappa shape index (κ1) is 14.0. The fourth-order valence-electron chi connectivity index (χ4n) is 2.03. The summed E-state index contributed by atoms with van der Waals surface area (Å²) in [5, 5.41) is 12.0. The molecule has 104 valence electrons. The van der Waals surface area contributed by atoms with Crippen LogP contribution in [0.3, 0.4) is 0 Å². The molecule has 0 atom stereocenters. The van der Waals surface area contributed by atoms with Gasteiger partial charge in [0.2, 0.25) is 0 Å². The van der Waals surface area contributed by atoms with E-state index in [9.17, 15) is 4.79 Å². The Morgan fingerprint density at radius 1 is 1.15 bits per heavy atom. The summed E-state index contributed by atoms with van der Waals surface area (Å²) >= 11 is 0. The molecule has 20 heavy (non-hydrogen) atoms. The van der Waals surface area contributed by atoms with Gasteiger partial charge < -0.3 is 10.4 Å². The van der Waals surface area contributed by atoms with Crippen LogP contribution < -0.4 is 5.32 Å². The third kappa shape index (κ3) is 2.93. The van der Waals surface area contributed by atoms with E-state index in [0.29, 0.717) is 5.82 Å². The molecule has 0 unspecified atom stereocenters. The molecule has 1 heterocycles. The summed E-state index contributed by atoms with van der Waals surface area (Å²) in [5.41, 5.74) is 3.38. The van der Waals surface area contributed by atoms with Crippen LogP contribution in [-0.4, -0.2) is 21.0 Å². The van der Waals surface area contributed by atoms with Crippen LogP contribution in [0, 0.1) is 0 Å². The van der Waals surface area contributed by atoms with E-state index in [1.54, 1.807) is 0 Å². The molecule has 1 aromatic heterocycles. The number of anilines is 2. The molecular weight excluding hydrogens is 254 g/mol. The molecule has 5 nitrogen and oxygen atoms in total. The molecule has 0 amide bonds. The Bertz CT molecular complexity index is 587. The molecule has 1 aromatic carbocycles. The standard InChI is InChI=1S/C15H17N3O2/c1-3-10-6-5-7-11(4-2)14(10)18-13-9-16-12(8-17-13)15(19)20/h5-9H,3-4H2,1-2H3,(H,17,18)(H,19,20). The quantitative estimate of drug-likeness (QED) is 0.874. The molecule has 0 fully saturated rings. The number of carbonyl (C=O) groups is 1. The molecular formula is C15H17N3O2. The van der Waals surface area contributed by atoms with Gasteiger partial charge in [-0.1, -0.05) is 32.0 Å². The topological polar surface area (TPSA) is 75.1 Å². The van der Waals surface area contributed by atoms with Gasteiger partial charge in [0, 0.05) is 5.69 Å². The van der Waals surface area contributed by atoms with Crippen molar-refractivity contribution >= 4 is 17.5 Å². The molecule has 0 aliphatic carbocycles. The lowest BCUT2D eigenvalue weighted by atomic mass is 10.0. The van der Waals surface area contributed by atoms with Crippen molar-refractivity contribution < 1.29 is 9.90 Å². The molecule has 0 aliphatic heterocycles. The molecule has 0 bridgehead atoms.